The van der Waals surface area contributed by atoms with Crippen molar-refractivity contribution in [3.63, 3.8) is 0 Å². The molecule has 0 radical (unpaired) electrons. The van der Waals surface area contributed by atoms with Gasteiger partial charge in [-0.3, -0.25) is 0 Å². The maximum Gasteiger partial charge on any atom is 0.0787 e. The number of hydrogen-bond acceptors (Lipinski definition) is 2. The van der Waals surface area contributed by atoms with Gasteiger partial charge in [0.05, 0.1) is 12.2 Å². The number of aliphatic hydroxyl groups excluding tert-OH is 2. The molecule has 3 aliphatic carbocycles. The van der Waals surface area contributed by atoms with Crippen molar-refractivity contribution in [3.8, 4) is 0 Å². The molecule has 0 heterocycles. The fourth-order valence-corrected chi connectivity index (χ4v) is 6.22. The van der Waals surface area contributed by atoms with Gasteiger partial charge >= 0.3 is 0 Å². The molecule has 176 valence electrons. The summed E-state index contributed by atoms with van der Waals surface area (Å²) in [7, 11) is 0. The summed E-state index contributed by atoms with van der Waals surface area (Å²) in [5.74, 6) is 2.14. The molecule has 0 aromatic carbocycles. The molecular weight excluding hydrogens is 380 g/mol. The standard InChI is InChI=1S/C27H42O2.C2H6/c1-18(2)25(28)16-11-19(3)23-14-15-24-22(9-7-17-27(23,24)5)13-12-21-8-6-10-26(29)20(21)4;1-2/h11-13,16,18-19,23-26,28-29H,4,6-10,14-15,17H2,1-3,5H3;1-2H3/b16-11+,21-12-,22-13+;/t19-,23?,24?,25-,26+,27-;/m1./s1. The maximum atomic E-state index is 10.2. The van der Waals surface area contributed by atoms with E-state index in [0.29, 0.717) is 23.2 Å². The van der Waals surface area contributed by atoms with Crippen LogP contribution >= 0.6 is 0 Å². The maximum absolute atomic E-state index is 10.2. The van der Waals surface area contributed by atoms with Crippen LogP contribution in [0.25, 0.3) is 0 Å². The number of allylic oxidation sites excluding steroid dienone is 4. The highest BCUT2D eigenvalue weighted by molar-refractivity contribution is 5.37. The van der Waals surface area contributed by atoms with Gasteiger partial charge in [-0.05, 0) is 91.6 Å². The van der Waals surface area contributed by atoms with Gasteiger partial charge in [0.1, 0.15) is 0 Å². The van der Waals surface area contributed by atoms with Crippen molar-refractivity contribution in [1.29, 1.82) is 0 Å². The molecule has 0 aromatic rings. The summed E-state index contributed by atoms with van der Waals surface area (Å²) >= 11 is 0. The van der Waals surface area contributed by atoms with E-state index in [1.165, 1.54) is 37.7 Å². The SMILES string of the molecule is C=C1/C(=C\C=C2/CCC[C@@]3(C)C2CCC3[C@H](C)/C=C/[C@@H](O)C(C)C)CCC[C@@H]1O.CC. The van der Waals surface area contributed by atoms with Gasteiger partial charge in [0.2, 0.25) is 0 Å². The van der Waals surface area contributed by atoms with Crippen LogP contribution in [0.2, 0.25) is 0 Å². The van der Waals surface area contributed by atoms with Gasteiger partial charge in [0, 0.05) is 0 Å². The lowest BCUT2D eigenvalue weighted by Crippen LogP contribution is -2.35. The minimum atomic E-state index is -0.352. The van der Waals surface area contributed by atoms with Gasteiger partial charge in [-0.15, -0.1) is 0 Å². The summed E-state index contributed by atoms with van der Waals surface area (Å²) in [4.78, 5) is 0. The van der Waals surface area contributed by atoms with Gasteiger partial charge in [0.25, 0.3) is 0 Å². The molecule has 0 spiro atoms. The summed E-state index contributed by atoms with van der Waals surface area (Å²) < 4.78 is 0. The molecular formula is C29H48O2. The Labute approximate surface area is 192 Å². The first-order valence-corrected chi connectivity index (χ1v) is 12.9. The normalized spacial score (nSPS) is 35.9. The van der Waals surface area contributed by atoms with Crippen LogP contribution in [0.4, 0.5) is 0 Å². The molecule has 6 atom stereocenters. The number of hydrogen-bond donors (Lipinski definition) is 2. The van der Waals surface area contributed by atoms with Gasteiger partial charge in [-0.1, -0.05) is 78.0 Å². The van der Waals surface area contributed by atoms with Crippen LogP contribution in [-0.2, 0) is 0 Å². The molecule has 31 heavy (non-hydrogen) atoms. The van der Waals surface area contributed by atoms with Crippen LogP contribution in [0.15, 0.2) is 47.6 Å². The quantitative estimate of drug-likeness (QED) is 0.448. The highest BCUT2D eigenvalue weighted by atomic mass is 16.3. The lowest BCUT2D eigenvalue weighted by atomic mass is 9.61. The molecule has 0 bridgehead atoms. The van der Waals surface area contributed by atoms with Crippen molar-refractivity contribution in [3.05, 3.63) is 47.6 Å². The third-order valence-electron chi connectivity index (χ3n) is 8.20. The van der Waals surface area contributed by atoms with Crippen LogP contribution in [0, 0.1) is 29.1 Å². The average molecular weight is 429 g/mol. The summed E-state index contributed by atoms with van der Waals surface area (Å²) in [6, 6.07) is 0. The Morgan fingerprint density at radius 1 is 1.00 bits per heavy atom. The Morgan fingerprint density at radius 2 is 1.71 bits per heavy atom. The van der Waals surface area contributed by atoms with Crippen LogP contribution < -0.4 is 0 Å². The number of fused-ring (bicyclic) bond motifs is 1. The predicted octanol–water partition coefficient (Wildman–Crippen LogP) is 7.39. The first-order valence-electron chi connectivity index (χ1n) is 12.9. The number of rotatable bonds is 5. The summed E-state index contributed by atoms with van der Waals surface area (Å²) in [6.07, 6.45) is 17.6. The zero-order valence-corrected chi connectivity index (χ0v) is 21.0. The molecule has 3 fully saturated rings. The molecule has 3 rings (SSSR count). The first-order chi connectivity index (χ1) is 14.7. The van der Waals surface area contributed by atoms with Crippen molar-refractivity contribution in [2.75, 3.05) is 0 Å². The minimum Gasteiger partial charge on any atom is -0.389 e. The smallest absolute Gasteiger partial charge is 0.0787 e. The molecule has 2 nitrogen and oxygen atoms in total. The minimum absolute atomic E-state index is 0.274. The van der Waals surface area contributed by atoms with Crippen molar-refractivity contribution >= 4 is 0 Å². The van der Waals surface area contributed by atoms with E-state index < -0.39 is 0 Å². The number of aliphatic hydroxyl groups is 2. The molecule has 3 saturated carbocycles. The summed E-state index contributed by atoms with van der Waals surface area (Å²) in [5.41, 5.74) is 4.15. The van der Waals surface area contributed by atoms with Crippen molar-refractivity contribution < 1.29 is 10.2 Å². The van der Waals surface area contributed by atoms with Crippen LogP contribution in [-0.4, -0.2) is 22.4 Å². The first kappa shape index (κ1) is 26.1. The van der Waals surface area contributed by atoms with Gasteiger partial charge in [-0.2, -0.15) is 0 Å². The highest BCUT2D eigenvalue weighted by Gasteiger charge is 2.50. The Bertz CT molecular complexity index is 683. The monoisotopic (exact) mass is 428 g/mol. The summed E-state index contributed by atoms with van der Waals surface area (Å²) in [5, 5.41) is 20.3. The molecule has 0 saturated heterocycles. The Kier molecular flexibility index (Phi) is 9.83. The molecule has 0 aromatic heterocycles. The Balaban J connectivity index is 0.00000166. The van der Waals surface area contributed by atoms with Crippen molar-refractivity contribution in [2.45, 2.75) is 105 Å². The van der Waals surface area contributed by atoms with E-state index >= 15 is 0 Å². The van der Waals surface area contributed by atoms with E-state index in [0.717, 1.165) is 24.8 Å². The van der Waals surface area contributed by atoms with E-state index in [9.17, 15) is 10.2 Å². The van der Waals surface area contributed by atoms with Crippen molar-refractivity contribution in [2.24, 2.45) is 29.1 Å². The largest absolute Gasteiger partial charge is 0.389 e. The topological polar surface area (TPSA) is 40.5 Å². The molecule has 0 aliphatic heterocycles. The van der Waals surface area contributed by atoms with Crippen molar-refractivity contribution in [1.82, 2.24) is 0 Å². The Morgan fingerprint density at radius 3 is 2.39 bits per heavy atom. The fourth-order valence-electron chi connectivity index (χ4n) is 6.22. The second-order valence-electron chi connectivity index (χ2n) is 10.4. The third-order valence-corrected chi connectivity index (χ3v) is 8.20. The summed E-state index contributed by atoms with van der Waals surface area (Å²) in [6.45, 7) is 17.1. The van der Waals surface area contributed by atoms with Gasteiger partial charge in [0.15, 0.2) is 0 Å². The van der Waals surface area contributed by atoms with Gasteiger partial charge < -0.3 is 10.2 Å². The lowest BCUT2D eigenvalue weighted by molar-refractivity contribution is 0.111. The van der Waals surface area contributed by atoms with Crippen LogP contribution in [0.1, 0.15) is 92.9 Å². The second-order valence-corrected chi connectivity index (χ2v) is 10.4. The average Bonchev–Trinajstić information content (AvgIpc) is 3.11. The molecule has 2 N–H and O–H groups in total. The third kappa shape index (κ3) is 6.02. The second kappa shape index (κ2) is 11.7. The van der Waals surface area contributed by atoms with E-state index in [1.807, 2.05) is 19.9 Å². The zero-order valence-electron chi connectivity index (χ0n) is 21.0. The fraction of sp³-hybridized carbons (Fsp3) is 0.724. The van der Waals surface area contributed by atoms with E-state index in [2.05, 4.69) is 52.5 Å². The van der Waals surface area contributed by atoms with Crippen LogP contribution in [0.3, 0.4) is 0 Å². The zero-order chi connectivity index (χ0) is 23.2. The van der Waals surface area contributed by atoms with E-state index in [4.69, 9.17) is 0 Å². The van der Waals surface area contributed by atoms with E-state index in [-0.39, 0.29) is 18.1 Å². The van der Waals surface area contributed by atoms with Gasteiger partial charge in [-0.25, -0.2) is 0 Å². The van der Waals surface area contributed by atoms with Crippen LogP contribution in [0.5, 0.6) is 0 Å². The highest BCUT2D eigenvalue weighted by Crippen LogP contribution is 2.59. The van der Waals surface area contributed by atoms with E-state index in [1.54, 1.807) is 5.57 Å². The molecule has 2 unspecified atom stereocenters. The predicted molar refractivity (Wildman–Crippen MR) is 134 cm³/mol. The molecule has 3 aliphatic rings. The Hall–Kier alpha value is -1.12. The lowest BCUT2D eigenvalue weighted by Gasteiger charge is -2.44. The molecule has 0 amide bonds. The molecule has 2 heteroatoms.